The third-order valence-electron chi connectivity index (χ3n) is 2.98. The van der Waals surface area contributed by atoms with Gasteiger partial charge >= 0.3 is 0 Å². The van der Waals surface area contributed by atoms with Crippen LogP contribution in [0.1, 0.15) is 16.7 Å². The average Bonchev–Trinajstić information content (AvgIpc) is 2.41. The molecule has 0 saturated carbocycles. The summed E-state index contributed by atoms with van der Waals surface area (Å²) < 4.78 is 13.0. The van der Waals surface area contributed by atoms with E-state index in [9.17, 15) is 4.39 Å². The van der Waals surface area contributed by atoms with Crippen molar-refractivity contribution in [3.8, 4) is 0 Å². The van der Waals surface area contributed by atoms with Crippen LogP contribution in [-0.2, 0) is 6.42 Å². The molecule has 0 amide bonds. The molecule has 2 rings (SSSR count). The van der Waals surface area contributed by atoms with Crippen molar-refractivity contribution >= 4 is 23.0 Å². The first-order valence-corrected chi connectivity index (χ1v) is 6.59. The van der Waals surface area contributed by atoms with E-state index >= 15 is 0 Å². The van der Waals surface area contributed by atoms with Crippen molar-refractivity contribution in [3.63, 3.8) is 0 Å². The molecule has 0 radical (unpaired) electrons. The van der Waals surface area contributed by atoms with Gasteiger partial charge in [0.15, 0.2) is 5.82 Å². The number of hydrogen-bond acceptors (Lipinski definition) is 4. The lowest BCUT2D eigenvalue weighted by Gasteiger charge is -2.10. The molecule has 2 aromatic rings. The van der Waals surface area contributed by atoms with Gasteiger partial charge in [-0.3, -0.25) is 0 Å². The van der Waals surface area contributed by atoms with Crippen LogP contribution in [0.3, 0.4) is 0 Å². The van der Waals surface area contributed by atoms with Gasteiger partial charge in [0.2, 0.25) is 0 Å². The van der Waals surface area contributed by atoms with Gasteiger partial charge in [-0.15, -0.1) is 5.10 Å². The number of aromatic nitrogens is 2. The number of halogens is 1. The lowest BCUT2D eigenvalue weighted by atomic mass is 10.1. The Morgan fingerprint density at radius 2 is 2.20 bits per heavy atom. The fraction of sp³-hybridized carbons (Fsp3) is 0.214. The summed E-state index contributed by atoms with van der Waals surface area (Å²) >= 11 is 4.96. The Bertz CT molecular complexity index is 630. The minimum Gasteiger partial charge on any atom is -0.389 e. The molecule has 1 aromatic heterocycles. The standard InChI is InChI=1S/C14H15FN4S/c1-9-8-11(15)3-2-10(9)4-6-17-14-12(13(16)20)5-7-18-19-14/h2-3,5,7-8H,4,6H2,1H3,(H2,16,20)(H,17,19). The molecule has 0 bridgehead atoms. The van der Waals surface area contributed by atoms with E-state index in [0.717, 1.165) is 17.5 Å². The van der Waals surface area contributed by atoms with Crippen molar-refractivity contribution < 1.29 is 4.39 Å². The molecule has 0 atom stereocenters. The molecule has 6 heteroatoms. The first kappa shape index (κ1) is 14.3. The summed E-state index contributed by atoms with van der Waals surface area (Å²) in [5, 5.41) is 10.9. The summed E-state index contributed by atoms with van der Waals surface area (Å²) in [6.07, 6.45) is 2.29. The molecule has 0 spiro atoms. The number of nitrogens with two attached hydrogens (primary N) is 1. The molecule has 0 aliphatic heterocycles. The van der Waals surface area contributed by atoms with E-state index in [2.05, 4.69) is 15.5 Å². The Morgan fingerprint density at radius 1 is 1.40 bits per heavy atom. The Balaban J connectivity index is 2.01. The summed E-state index contributed by atoms with van der Waals surface area (Å²) in [7, 11) is 0. The fourth-order valence-electron chi connectivity index (χ4n) is 1.92. The molecule has 3 N–H and O–H groups in total. The number of nitrogens with one attached hydrogen (secondary N) is 1. The number of anilines is 1. The van der Waals surface area contributed by atoms with Gasteiger partial charge in [0, 0.05) is 6.54 Å². The lowest BCUT2D eigenvalue weighted by molar-refractivity contribution is 0.625. The summed E-state index contributed by atoms with van der Waals surface area (Å²) in [5.74, 6) is 0.351. The van der Waals surface area contributed by atoms with Crippen molar-refractivity contribution in [2.75, 3.05) is 11.9 Å². The van der Waals surface area contributed by atoms with Crippen molar-refractivity contribution in [2.45, 2.75) is 13.3 Å². The molecular weight excluding hydrogens is 275 g/mol. The normalized spacial score (nSPS) is 10.3. The molecular formula is C14H15FN4S. The van der Waals surface area contributed by atoms with Crippen LogP contribution in [0.2, 0.25) is 0 Å². The van der Waals surface area contributed by atoms with Crippen LogP contribution in [-0.4, -0.2) is 21.7 Å². The van der Waals surface area contributed by atoms with Crippen molar-refractivity contribution in [1.82, 2.24) is 10.2 Å². The maximum absolute atomic E-state index is 13.0. The minimum atomic E-state index is -0.219. The summed E-state index contributed by atoms with van der Waals surface area (Å²) in [6.45, 7) is 2.53. The minimum absolute atomic E-state index is 0.219. The van der Waals surface area contributed by atoms with Crippen LogP contribution in [0.25, 0.3) is 0 Å². The maximum Gasteiger partial charge on any atom is 0.158 e. The fourth-order valence-corrected chi connectivity index (χ4v) is 2.08. The maximum atomic E-state index is 13.0. The number of benzene rings is 1. The van der Waals surface area contributed by atoms with E-state index in [-0.39, 0.29) is 10.8 Å². The number of aryl methyl sites for hydroxylation is 1. The van der Waals surface area contributed by atoms with Gasteiger partial charge in [-0.25, -0.2) is 4.39 Å². The van der Waals surface area contributed by atoms with Crippen molar-refractivity contribution in [2.24, 2.45) is 5.73 Å². The first-order valence-electron chi connectivity index (χ1n) is 6.18. The van der Waals surface area contributed by atoms with Crippen LogP contribution in [0.5, 0.6) is 0 Å². The molecule has 0 saturated heterocycles. The Morgan fingerprint density at radius 3 is 2.90 bits per heavy atom. The molecule has 1 aromatic carbocycles. The predicted octanol–water partition coefficient (Wildman–Crippen LogP) is 2.21. The smallest absolute Gasteiger partial charge is 0.158 e. The molecule has 0 unspecified atom stereocenters. The Kier molecular flexibility index (Phi) is 4.57. The van der Waals surface area contributed by atoms with Gasteiger partial charge in [-0.1, -0.05) is 18.3 Å². The lowest BCUT2D eigenvalue weighted by Crippen LogP contribution is -2.16. The van der Waals surface area contributed by atoms with Gasteiger partial charge in [0.05, 0.1) is 11.8 Å². The van der Waals surface area contributed by atoms with Gasteiger partial charge < -0.3 is 11.1 Å². The second-order valence-corrected chi connectivity index (χ2v) is 4.85. The molecule has 0 aliphatic rings. The highest BCUT2D eigenvalue weighted by atomic mass is 32.1. The second-order valence-electron chi connectivity index (χ2n) is 4.41. The van der Waals surface area contributed by atoms with E-state index in [1.807, 2.05) is 6.92 Å². The highest BCUT2D eigenvalue weighted by Gasteiger charge is 2.06. The molecule has 1 heterocycles. The van der Waals surface area contributed by atoms with E-state index in [4.69, 9.17) is 18.0 Å². The monoisotopic (exact) mass is 290 g/mol. The number of thiocarbonyl (C=S) groups is 1. The topological polar surface area (TPSA) is 63.8 Å². The average molecular weight is 290 g/mol. The summed E-state index contributed by atoms with van der Waals surface area (Å²) in [4.78, 5) is 0.278. The Hall–Kier alpha value is -2.08. The summed E-state index contributed by atoms with van der Waals surface area (Å²) in [5.41, 5.74) is 8.31. The van der Waals surface area contributed by atoms with Crippen LogP contribution >= 0.6 is 12.2 Å². The molecule has 0 fully saturated rings. The van der Waals surface area contributed by atoms with Gasteiger partial charge in [-0.05, 0) is 42.7 Å². The van der Waals surface area contributed by atoms with Crippen LogP contribution in [0.15, 0.2) is 30.5 Å². The van der Waals surface area contributed by atoms with Crippen molar-refractivity contribution in [1.29, 1.82) is 0 Å². The van der Waals surface area contributed by atoms with E-state index in [1.165, 1.54) is 12.1 Å². The largest absolute Gasteiger partial charge is 0.389 e. The zero-order valence-electron chi connectivity index (χ0n) is 11.1. The summed E-state index contributed by atoms with van der Waals surface area (Å²) in [6, 6.07) is 6.50. The van der Waals surface area contributed by atoms with E-state index in [1.54, 1.807) is 18.3 Å². The van der Waals surface area contributed by atoms with Gasteiger partial charge in [-0.2, -0.15) is 5.10 Å². The van der Waals surface area contributed by atoms with Crippen molar-refractivity contribution in [3.05, 3.63) is 53.0 Å². The number of nitrogens with zero attached hydrogens (tertiary/aromatic N) is 2. The highest BCUT2D eigenvalue weighted by molar-refractivity contribution is 7.80. The van der Waals surface area contributed by atoms with Crippen LogP contribution < -0.4 is 11.1 Å². The highest BCUT2D eigenvalue weighted by Crippen LogP contribution is 2.13. The predicted molar refractivity (Wildman–Crippen MR) is 81.3 cm³/mol. The van der Waals surface area contributed by atoms with E-state index < -0.39 is 0 Å². The first-order chi connectivity index (χ1) is 9.58. The zero-order chi connectivity index (χ0) is 14.5. The zero-order valence-corrected chi connectivity index (χ0v) is 11.9. The quantitative estimate of drug-likeness (QED) is 0.827. The Labute approximate surface area is 122 Å². The number of hydrogen-bond donors (Lipinski definition) is 2. The third-order valence-corrected chi connectivity index (χ3v) is 3.20. The molecule has 0 aliphatic carbocycles. The molecule has 20 heavy (non-hydrogen) atoms. The second kappa shape index (κ2) is 6.38. The number of rotatable bonds is 5. The molecule has 4 nitrogen and oxygen atoms in total. The van der Waals surface area contributed by atoms with Gasteiger partial charge in [0.25, 0.3) is 0 Å². The molecule has 104 valence electrons. The third kappa shape index (κ3) is 3.48. The van der Waals surface area contributed by atoms with Crippen LogP contribution in [0, 0.1) is 12.7 Å². The van der Waals surface area contributed by atoms with E-state index in [0.29, 0.717) is 17.9 Å². The van der Waals surface area contributed by atoms with Gasteiger partial charge in [0.1, 0.15) is 10.8 Å². The van der Waals surface area contributed by atoms with Crippen LogP contribution in [0.4, 0.5) is 10.2 Å². The SMILES string of the molecule is Cc1cc(F)ccc1CCNc1nnccc1C(N)=S.